The average molecular weight is 417 g/mol. The first kappa shape index (κ1) is 21.1. The second-order valence-electron chi connectivity index (χ2n) is 5.64. The largest absolute Gasteiger partial charge is 0.382 e. The van der Waals surface area contributed by atoms with Gasteiger partial charge in [0, 0.05) is 29.6 Å². The summed E-state index contributed by atoms with van der Waals surface area (Å²) in [5.74, 6) is -0.119. The van der Waals surface area contributed by atoms with Crippen molar-refractivity contribution in [3.8, 4) is 11.3 Å². The number of amides is 1. The Labute approximate surface area is 167 Å². The highest BCUT2D eigenvalue weighted by atomic mass is 35.5. The minimum atomic E-state index is -0.567. The minimum Gasteiger partial charge on any atom is -0.382 e. The third kappa shape index (κ3) is 5.41. The molecule has 8 heteroatoms. The van der Waals surface area contributed by atoms with Crippen LogP contribution in [0.3, 0.4) is 0 Å². The van der Waals surface area contributed by atoms with Gasteiger partial charge in [-0.2, -0.15) is 0 Å². The number of carbonyl (C=O) groups is 1. The SMILES string of the molecule is CCCN(C(=O)C(C)OCCOC)c1nc(-c2ccc(Cl)cc2Cl)cs1. The summed E-state index contributed by atoms with van der Waals surface area (Å²) in [6, 6.07) is 5.27. The number of halogens is 2. The van der Waals surface area contributed by atoms with E-state index in [-0.39, 0.29) is 5.91 Å². The van der Waals surface area contributed by atoms with Crippen molar-refractivity contribution in [3.05, 3.63) is 33.6 Å². The maximum absolute atomic E-state index is 12.8. The van der Waals surface area contributed by atoms with E-state index in [9.17, 15) is 4.79 Å². The fraction of sp³-hybridized carbons (Fsp3) is 0.444. The lowest BCUT2D eigenvalue weighted by molar-refractivity contribution is -0.129. The number of nitrogens with zero attached hydrogens (tertiary/aromatic N) is 2. The summed E-state index contributed by atoms with van der Waals surface area (Å²) in [7, 11) is 1.60. The molecule has 1 atom stereocenters. The van der Waals surface area contributed by atoms with Gasteiger partial charge in [0.2, 0.25) is 0 Å². The quantitative estimate of drug-likeness (QED) is 0.544. The molecule has 0 N–H and O–H groups in total. The summed E-state index contributed by atoms with van der Waals surface area (Å²) >= 11 is 13.6. The van der Waals surface area contributed by atoms with Crippen LogP contribution in [0.4, 0.5) is 5.13 Å². The monoisotopic (exact) mass is 416 g/mol. The molecule has 142 valence electrons. The van der Waals surface area contributed by atoms with E-state index in [1.54, 1.807) is 31.1 Å². The molecule has 2 aromatic rings. The summed E-state index contributed by atoms with van der Waals surface area (Å²) in [4.78, 5) is 19.0. The Morgan fingerprint density at radius 2 is 2.12 bits per heavy atom. The normalized spacial score (nSPS) is 12.2. The second kappa shape index (κ2) is 10.2. The Bertz CT molecular complexity index is 739. The third-order valence-electron chi connectivity index (χ3n) is 3.65. The number of benzene rings is 1. The van der Waals surface area contributed by atoms with Crippen molar-refractivity contribution >= 4 is 45.6 Å². The van der Waals surface area contributed by atoms with Gasteiger partial charge in [-0.15, -0.1) is 11.3 Å². The van der Waals surface area contributed by atoms with Gasteiger partial charge in [0.1, 0.15) is 6.10 Å². The Morgan fingerprint density at radius 3 is 2.77 bits per heavy atom. The lowest BCUT2D eigenvalue weighted by Gasteiger charge is -2.23. The van der Waals surface area contributed by atoms with Crippen molar-refractivity contribution in [2.45, 2.75) is 26.4 Å². The predicted molar refractivity (Wildman–Crippen MR) is 108 cm³/mol. The number of rotatable bonds is 9. The van der Waals surface area contributed by atoms with Crippen LogP contribution in [0.2, 0.25) is 10.0 Å². The summed E-state index contributed by atoms with van der Waals surface area (Å²) in [6.07, 6.45) is 0.246. The Morgan fingerprint density at radius 1 is 1.35 bits per heavy atom. The van der Waals surface area contributed by atoms with E-state index in [0.29, 0.717) is 40.6 Å². The van der Waals surface area contributed by atoms with Crippen LogP contribution >= 0.6 is 34.5 Å². The number of carbonyl (C=O) groups excluding carboxylic acids is 1. The molecule has 1 unspecified atom stereocenters. The predicted octanol–water partition coefficient (Wildman–Crippen LogP) is 4.91. The molecule has 0 saturated carbocycles. The van der Waals surface area contributed by atoms with Gasteiger partial charge in [-0.05, 0) is 31.5 Å². The molecule has 0 spiro atoms. The molecule has 1 amide bonds. The molecule has 0 saturated heterocycles. The standard InChI is InChI=1S/C18H22Cl2N2O3S/c1-4-7-22(17(23)12(2)25-9-8-24-3)18-21-16(11-26-18)14-6-5-13(19)10-15(14)20/h5-6,10-12H,4,7-9H2,1-3H3. The highest BCUT2D eigenvalue weighted by molar-refractivity contribution is 7.14. The summed E-state index contributed by atoms with van der Waals surface area (Å²) in [6.45, 7) is 5.14. The van der Waals surface area contributed by atoms with Gasteiger partial charge in [-0.1, -0.05) is 30.1 Å². The molecule has 0 aliphatic rings. The van der Waals surface area contributed by atoms with E-state index in [1.165, 1.54) is 11.3 Å². The molecule has 1 heterocycles. The number of hydrogen-bond donors (Lipinski definition) is 0. The Kier molecular flexibility index (Phi) is 8.31. The molecule has 0 aliphatic carbocycles. The average Bonchev–Trinajstić information content (AvgIpc) is 3.08. The van der Waals surface area contributed by atoms with Crippen LogP contribution in [0.1, 0.15) is 20.3 Å². The maximum atomic E-state index is 12.8. The van der Waals surface area contributed by atoms with E-state index in [0.717, 1.165) is 12.0 Å². The number of methoxy groups -OCH3 is 1. The molecule has 0 radical (unpaired) electrons. The van der Waals surface area contributed by atoms with E-state index in [4.69, 9.17) is 32.7 Å². The lowest BCUT2D eigenvalue weighted by atomic mass is 10.2. The van der Waals surface area contributed by atoms with E-state index >= 15 is 0 Å². The van der Waals surface area contributed by atoms with Crippen LogP contribution < -0.4 is 4.90 Å². The Hall–Kier alpha value is -1.18. The molecule has 0 aliphatic heterocycles. The number of aromatic nitrogens is 1. The van der Waals surface area contributed by atoms with Crippen LogP contribution in [0.25, 0.3) is 11.3 Å². The van der Waals surface area contributed by atoms with Crippen molar-refractivity contribution < 1.29 is 14.3 Å². The van der Waals surface area contributed by atoms with Gasteiger partial charge in [0.15, 0.2) is 5.13 Å². The summed E-state index contributed by atoms with van der Waals surface area (Å²) in [5.41, 5.74) is 1.50. The number of ether oxygens (including phenoxy) is 2. The zero-order chi connectivity index (χ0) is 19.1. The van der Waals surface area contributed by atoms with Crippen molar-refractivity contribution in [1.82, 2.24) is 4.98 Å². The first-order chi connectivity index (χ1) is 12.5. The topological polar surface area (TPSA) is 51.7 Å². The number of thiazole rings is 1. The fourth-order valence-electron chi connectivity index (χ4n) is 2.33. The molecule has 0 fully saturated rings. The van der Waals surface area contributed by atoms with Crippen molar-refractivity contribution in [3.63, 3.8) is 0 Å². The van der Waals surface area contributed by atoms with Crippen molar-refractivity contribution in [1.29, 1.82) is 0 Å². The minimum absolute atomic E-state index is 0.119. The molecule has 1 aromatic carbocycles. The molecule has 1 aromatic heterocycles. The molecule has 0 bridgehead atoms. The summed E-state index contributed by atoms with van der Waals surface area (Å²) in [5, 5.41) is 3.61. The molecular formula is C18H22Cl2N2O3S. The molecular weight excluding hydrogens is 395 g/mol. The smallest absolute Gasteiger partial charge is 0.257 e. The molecule has 2 rings (SSSR count). The van der Waals surface area contributed by atoms with Crippen molar-refractivity contribution in [2.75, 3.05) is 31.8 Å². The maximum Gasteiger partial charge on any atom is 0.257 e. The van der Waals surface area contributed by atoms with Gasteiger partial charge >= 0.3 is 0 Å². The zero-order valence-corrected chi connectivity index (χ0v) is 17.3. The third-order valence-corrected chi connectivity index (χ3v) is 5.06. The summed E-state index contributed by atoms with van der Waals surface area (Å²) < 4.78 is 10.5. The van der Waals surface area contributed by atoms with Gasteiger partial charge in [-0.25, -0.2) is 4.98 Å². The van der Waals surface area contributed by atoms with E-state index in [2.05, 4.69) is 4.98 Å². The van der Waals surface area contributed by atoms with Gasteiger partial charge < -0.3 is 9.47 Å². The molecule has 5 nitrogen and oxygen atoms in total. The zero-order valence-electron chi connectivity index (χ0n) is 15.0. The fourth-order valence-corrected chi connectivity index (χ4v) is 3.69. The first-order valence-electron chi connectivity index (χ1n) is 8.30. The van der Waals surface area contributed by atoms with Crippen molar-refractivity contribution in [2.24, 2.45) is 0 Å². The van der Waals surface area contributed by atoms with E-state index < -0.39 is 6.10 Å². The van der Waals surface area contributed by atoms with Crippen LogP contribution in [-0.4, -0.2) is 43.9 Å². The van der Waals surface area contributed by atoms with Crippen LogP contribution in [-0.2, 0) is 14.3 Å². The lowest BCUT2D eigenvalue weighted by Crippen LogP contribution is -2.40. The van der Waals surface area contributed by atoms with E-state index in [1.807, 2.05) is 18.4 Å². The number of anilines is 1. The Balaban J connectivity index is 2.20. The van der Waals surface area contributed by atoms with Gasteiger partial charge in [-0.3, -0.25) is 9.69 Å². The highest BCUT2D eigenvalue weighted by Crippen LogP contribution is 2.33. The first-order valence-corrected chi connectivity index (χ1v) is 9.94. The van der Waals surface area contributed by atoms with Crippen LogP contribution in [0.5, 0.6) is 0 Å². The van der Waals surface area contributed by atoms with Gasteiger partial charge in [0.25, 0.3) is 5.91 Å². The second-order valence-corrected chi connectivity index (χ2v) is 7.32. The van der Waals surface area contributed by atoms with Crippen LogP contribution in [0.15, 0.2) is 23.6 Å². The highest BCUT2D eigenvalue weighted by Gasteiger charge is 2.24. The number of hydrogen-bond acceptors (Lipinski definition) is 5. The van der Waals surface area contributed by atoms with Gasteiger partial charge in [0.05, 0.1) is 23.9 Å². The van der Waals surface area contributed by atoms with Crippen LogP contribution in [0, 0.1) is 0 Å². The molecule has 26 heavy (non-hydrogen) atoms.